The number of aliphatic hydroxyl groups is 2. The molecule has 1 aromatic rings. The third-order valence-corrected chi connectivity index (χ3v) is 6.09. The molecule has 1 fully saturated rings. The van der Waals surface area contributed by atoms with E-state index in [2.05, 4.69) is 8.83 Å². The monoisotopic (exact) mass is 466 g/mol. The summed E-state index contributed by atoms with van der Waals surface area (Å²) in [4.78, 5) is 51.8. The summed E-state index contributed by atoms with van der Waals surface area (Å²) >= 11 is 0. The Kier molecular flexibility index (Phi) is 6.57. The van der Waals surface area contributed by atoms with Gasteiger partial charge in [0.25, 0.3) is 5.56 Å². The van der Waals surface area contributed by atoms with Gasteiger partial charge >= 0.3 is 21.3 Å². The predicted octanol–water partition coefficient (Wildman–Crippen LogP) is -3.53. The molecule has 6 N–H and O–H groups in total. The van der Waals surface area contributed by atoms with Crippen molar-refractivity contribution in [2.75, 3.05) is 0 Å². The first-order valence-electron chi connectivity index (χ1n) is 7.56. The second-order valence-electron chi connectivity index (χ2n) is 6.17. The quantitative estimate of drug-likeness (QED) is 0.170. The van der Waals surface area contributed by atoms with Crippen molar-refractivity contribution in [2.24, 2.45) is 0 Å². The summed E-state index contributed by atoms with van der Waals surface area (Å²) in [6.45, 7) is -0.892. The zero-order chi connectivity index (χ0) is 23.3. The van der Waals surface area contributed by atoms with E-state index in [1.54, 1.807) is 4.98 Å². The van der Waals surface area contributed by atoms with Crippen molar-refractivity contribution < 1.29 is 52.0 Å². The summed E-state index contributed by atoms with van der Waals surface area (Å²) in [6, 6.07) is 0. The maximum Gasteiger partial charge on any atom is 0.480 e. The van der Waals surface area contributed by atoms with Gasteiger partial charge in [0.1, 0.15) is 29.2 Å². The molecular formula is C10H12B3FN2O12P2. The molecule has 0 aliphatic carbocycles. The van der Waals surface area contributed by atoms with Crippen LogP contribution in [0.1, 0.15) is 12.0 Å². The van der Waals surface area contributed by atoms with Crippen LogP contribution in [0.4, 0.5) is 4.39 Å². The number of alkyl halides is 1. The molecule has 1 unspecified atom stereocenters. The molecule has 0 spiro atoms. The van der Waals surface area contributed by atoms with Gasteiger partial charge in [0.2, 0.25) is 5.85 Å². The average Bonchev–Trinajstić information content (AvgIpc) is 2.75. The lowest BCUT2D eigenvalue weighted by Crippen LogP contribution is -2.56. The first-order chi connectivity index (χ1) is 13.4. The van der Waals surface area contributed by atoms with Crippen molar-refractivity contribution in [1.29, 1.82) is 0 Å². The van der Waals surface area contributed by atoms with Gasteiger partial charge in [-0.1, -0.05) is 0 Å². The molecule has 1 aromatic heterocycles. The Hall–Kier alpha value is -1.06. The van der Waals surface area contributed by atoms with Crippen LogP contribution in [0.2, 0.25) is 0 Å². The van der Waals surface area contributed by atoms with E-state index in [4.69, 9.17) is 43.2 Å². The lowest BCUT2D eigenvalue weighted by atomic mass is 9.60. The summed E-state index contributed by atoms with van der Waals surface area (Å²) < 4.78 is 50.2. The van der Waals surface area contributed by atoms with E-state index in [0.717, 1.165) is 0 Å². The minimum absolute atomic E-state index is 0.284. The molecule has 1 aliphatic heterocycles. The SMILES string of the molecule is [B]C([B])(OP(=O)(O)OP(=O)(O)O)[C@]1(F)C[C@@H](O)[C@]([B])(n2cc(CO)c(=O)[nH]c2=O)O1. The highest BCUT2D eigenvalue weighted by Crippen LogP contribution is 2.61. The van der Waals surface area contributed by atoms with Gasteiger partial charge in [0.15, 0.2) is 0 Å². The lowest BCUT2D eigenvalue weighted by molar-refractivity contribution is -0.219. The number of aromatic amines is 1. The van der Waals surface area contributed by atoms with Gasteiger partial charge in [0, 0.05) is 12.6 Å². The summed E-state index contributed by atoms with van der Waals surface area (Å²) in [6.07, 6.45) is -2.82. The van der Waals surface area contributed by atoms with Gasteiger partial charge in [-0.3, -0.25) is 18.9 Å². The topological polar surface area (TPSA) is 218 Å². The van der Waals surface area contributed by atoms with Gasteiger partial charge in [-0.05, 0) is 0 Å². The largest absolute Gasteiger partial charge is 0.480 e. The summed E-state index contributed by atoms with van der Waals surface area (Å²) in [7, 11) is 4.87. The second kappa shape index (κ2) is 7.82. The Morgan fingerprint density at radius 3 is 2.43 bits per heavy atom. The Labute approximate surface area is 170 Å². The fourth-order valence-electron chi connectivity index (χ4n) is 2.51. The molecule has 20 heteroatoms. The number of hydrogen-bond acceptors (Lipinski definition) is 9. The van der Waals surface area contributed by atoms with Crippen LogP contribution in [0.3, 0.4) is 0 Å². The Bertz CT molecular complexity index is 1040. The number of nitrogens with one attached hydrogen (secondary N) is 1. The molecule has 0 bridgehead atoms. The van der Waals surface area contributed by atoms with E-state index in [1.165, 1.54) is 0 Å². The number of phosphoric acid groups is 2. The predicted molar refractivity (Wildman–Crippen MR) is 94.8 cm³/mol. The molecule has 30 heavy (non-hydrogen) atoms. The highest BCUT2D eigenvalue weighted by molar-refractivity contribution is 7.60. The van der Waals surface area contributed by atoms with E-state index >= 15 is 4.39 Å². The van der Waals surface area contributed by atoms with E-state index in [-0.39, 0.29) is 4.57 Å². The lowest BCUT2D eigenvalue weighted by Gasteiger charge is -2.40. The van der Waals surface area contributed by atoms with Gasteiger partial charge in [0.05, 0.1) is 23.7 Å². The number of ether oxygens (including phenoxy) is 1. The molecule has 0 aromatic carbocycles. The number of aliphatic hydroxyl groups excluding tert-OH is 2. The number of phosphoric ester groups is 1. The molecule has 14 nitrogen and oxygen atoms in total. The van der Waals surface area contributed by atoms with Crippen LogP contribution in [-0.2, 0) is 34.9 Å². The molecule has 1 saturated heterocycles. The molecule has 2 rings (SSSR count). The molecule has 6 radical (unpaired) electrons. The number of nitrogens with zero attached hydrogens (tertiary/aromatic N) is 1. The number of rotatable bonds is 7. The zero-order valence-corrected chi connectivity index (χ0v) is 16.4. The van der Waals surface area contributed by atoms with Gasteiger partial charge in [-0.25, -0.2) is 18.3 Å². The Morgan fingerprint density at radius 1 is 1.37 bits per heavy atom. The normalized spacial score (nSPS) is 29.6. The van der Waals surface area contributed by atoms with E-state index in [0.29, 0.717) is 6.20 Å². The van der Waals surface area contributed by atoms with Crippen molar-refractivity contribution in [3.05, 3.63) is 32.6 Å². The molecule has 0 saturated carbocycles. The standard InChI is InChI=1S/C10H12B3FN2O12P2/c11-9(16-2-4(3-17)6(19)15-7(16)20)5(18)1-8(14,26-9)10(12,13)27-30(24,25)28-29(21,22)23/h2,5,17-18H,1,3H2,(H,24,25)(H,15,19,20)(H2,21,22,23)/t5-,8+,9+/m1/s1. The van der Waals surface area contributed by atoms with Gasteiger partial charge in [-0.2, -0.15) is 4.31 Å². The van der Waals surface area contributed by atoms with Crippen molar-refractivity contribution in [1.82, 2.24) is 9.55 Å². The number of H-pyrrole nitrogens is 1. The van der Waals surface area contributed by atoms with E-state index in [1.807, 2.05) is 0 Å². The minimum atomic E-state index is -5.80. The van der Waals surface area contributed by atoms with Crippen LogP contribution in [0.5, 0.6) is 0 Å². The number of halogens is 1. The second-order valence-corrected chi connectivity index (χ2v) is 8.92. The highest BCUT2D eigenvalue weighted by Gasteiger charge is 2.63. The van der Waals surface area contributed by atoms with Crippen molar-refractivity contribution in [3.63, 3.8) is 0 Å². The van der Waals surface area contributed by atoms with Crippen LogP contribution in [0, 0.1) is 0 Å². The van der Waals surface area contributed by atoms with Crippen LogP contribution in [0.25, 0.3) is 0 Å². The molecular weight excluding hydrogens is 453 g/mol. The van der Waals surface area contributed by atoms with Gasteiger partial charge < -0.3 is 29.6 Å². The first-order valence-corrected chi connectivity index (χ1v) is 10.6. The summed E-state index contributed by atoms with van der Waals surface area (Å²) in [5.41, 5.74) is -5.62. The smallest absolute Gasteiger partial charge is 0.391 e. The summed E-state index contributed by atoms with van der Waals surface area (Å²) in [5, 5.41) is 15.8. The summed E-state index contributed by atoms with van der Waals surface area (Å²) in [5.74, 6) is -3.66. The van der Waals surface area contributed by atoms with E-state index < -0.39 is 68.5 Å². The zero-order valence-electron chi connectivity index (χ0n) is 14.6. The third kappa shape index (κ3) is 4.88. The molecule has 2 heterocycles. The maximum atomic E-state index is 15.3. The molecule has 4 atom stereocenters. The fraction of sp³-hybridized carbons (Fsp3) is 0.600. The van der Waals surface area contributed by atoms with Crippen LogP contribution in [-0.4, -0.2) is 75.3 Å². The first kappa shape index (κ1) is 25.2. The van der Waals surface area contributed by atoms with Crippen molar-refractivity contribution in [3.8, 4) is 0 Å². The highest BCUT2D eigenvalue weighted by atomic mass is 31.3. The molecule has 1 aliphatic rings. The van der Waals surface area contributed by atoms with E-state index in [9.17, 15) is 28.7 Å². The number of hydrogen-bond donors (Lipinski definition) is 6. The van der Waals surface area contributed by atoms with Crippen LogP contribution >= 0.6 is 15.6 Å². The molecule has 160 valence electrons. The minimum Gasteiger partial charge on any atom is -0.391 e. The van der Waals surface area contributed by atoms with Crippen molar-refractivity contribution in [2.45, 2.75) is 36.0 Å². The Balaban J connectivity index is 2.44. The van der Waals surface area contributed by atoms with Crippen molar-refractivity contribution >= 4 is 39.2 Å². The van der Waals surface area contributed by atoms with Crippen LogP contribution < -0.4 is 11.2 Å². The van der Waals surface area contributed by atoms with Crippen LogP contribution in [0.15, 0.2) is 15.8 Å². The number of aromatic nitrogens is 2. The third-order valence-electron chi connectivity index (χ3n) is 3.88. The van der Waals surface area contributed by atoms with Gasteiger partial charge in [-0.15, -0.1) is 0 Å². The maximum absolute atomic E-state index is 15.3. The molecule has 0 amide bonds. The average molecular weight is 466 g/mol. The fourth-order valence-corrected chi connectivity index (χ4v) is 4.23. The Morgan fingerprint density at radius 2 is 1.93 bits per heavy atom.